The van der Waals surface area contributed by atoms with Gasteiger partial charge in [-0.2, -0.15) is 0 Å². The van der Waals surface area contributed by atoms with Crippen LogP contribution in [-0.2, 0) is 14.8 Å². The van der Waals surface area contributed by atoms with Crippen molar-refractivity contribution in [3.63, 3.8) is 0 Å². The molecule has 0 N–H and O–H groups in total. The fraction of sp³-hybridized carbons (Fsp3) is 0. The van der Waals surface area contributed by atoms with Crippen LogP contribution in [0.4, 0.5) is 4.53 Å². The van der Waals surface area contributed by atoms with E-state index in [0.717, 1.165) is 0 Å². The molecule has 0 saturated heterocycles. The number of hydrogen-bond donors (Lipinski definition) is 0. The Kier molecular flexibility index (Phi) is 5.06. The van der Waals surface area contributed by atoms with E-state index >= 15 is 0 Å². The van der Waals surface area contributed by atoms with Crippen molar-refractivity contribution in [3.05, 3.63) is 0 Å². The summed E-state index contributed by atoms with van der Waals surface area (Å²) in [7, 11) is -5.08. The molecule has 0 amide bonds. The van der Waals surface area contributed by atoms with Gasteiger partial charge in [0.2, 0.25) is 10.4 Å². The summed E-state index contributed by atoms with van der Waals surface area (Å²) < 4.78 is 38.5. The predicted octanol–water partition coefficient (Wildman–Crippen LogP) is -3.65. The van der Waals surface area contributed by atoms with Crippen molar-refractivity contribution in [2.45, 2.75) is 0 Å². The van der Waals surface area contributed by atoms with Gasteiger partial charge in [0.05, 0.1) is 0 Å². The quantitative estimate of drug-likeness (QED) is 0.204. The van der Waals surface area contributed by atoms with E-state index in [1.54, 1.807) is 0 Å². The molecule has 0 atom stereocenters. The topological polar surface area (TPSA) is 66.4 Å². The summed E-state index contributed by atoms with van der Waals surface area (Å²) in [5.41, 5.74) is 0. The molecule has 0 heterocycles. The van der Waals surface area contributed by atoms with Gasteiger partial charge in [0.25, 0.3) is 0 Å². The van der Waals surface area contributed by atoms with Crippen LogP contribution < -0.4 is 18.9 Å². The van der Waals surface area contributed by atoms with Crippen LogP contribution in [0.2, 0.25) is 0 Å². The van der Waals surface area contributed by atoms with Crippen LogP contribution in [0.15, 0.2) is 0 Å². The molecule has 0 saturated carbocycles. The maximum atomic E-state index is 10.1. The van der Waals surface area contributed by atoms with Crippen molar-refractivity contribution in [2.24, 2.45) is 0 Å². The Morgan fingerprint density at radius 3 is 1.71 bits per heavy atom. The van der Waals surface area contributed by atoms with Crippen molar-refractivity contribution in [1.29, 1.82) is 0 Å². The normalized spacial score (nSPS) is 10.0. The Morgan fingerprint density at radius 1 is 1.57 bits per heavy atom. The van der Waals surface area contributed by atoms with E-state index in [-0.39, 0.29) is 18.9 Å². The van der Waals surface area contributed by atoms with Crippen LogP contribution in [-0.4, -0.2) is 13.0 Å². The van der Waals surface area contributed by atoms with E-state index in [1.165, 1.54) is 0 Å². The molecular formula is FLiO4S. The maximum Gasteiger partial charge on any atom is 1.00 e. The Labute approximate surface area is 51.7 Å². The third kappa shape index (κ3) is 10.7. The summed E-state index contributed by atoms with van der Waals surface area (Å²) in [6.45, 7) is 0. The number of halogens is 1. The van der Waals surface area contributed by atoms with E-state index in [0.29, 0.717) is 0 Å². The van der Waals surface area contributed by atoms with Crippen LogP contribution in [0.3, 0.4) is 0 Å². The minimum atomic E-state index is -5.08. The minimum Gasteiger partial charge on any atom is -0.724 e. The van der Waals surface area contributed by atoms with Gasteiger partial charge in [0, 0.05) is 0 Å². The van der Waals surface area contributed by atoms with Gasteiger partial charge < -0.3 is 4.55 Å². The minimum absolute atomic E-state index is 0. The van der Waals surface area contributed by atoms with Gasteiger partial charge in [-0.25, -0.2) is 8.42 Å². The van der Waals surface area contributed by atoms with Crippen molar-refractivity contribution in [3.8, 4) is 0 Å². The second kappa shape index (κ2) is 3.41. The molecule has 0 aromatic heterocycles. The zero-order valence-electron chi connectivity index (χ0n) is 3.42. The summed E-state index contributed by atoms with van der Waals surface area (Å²) in [4.78, 5) is 0. The summed E-state index contributed by atoms with van der Waals surface area (Å²) in [5, 5.41) is 0. The molecule has 0 rings (SSSR count). The summed E-state index contributed by atoms with van der Waals surface area (Å²) in [5.74, 6) is 0. The second-order valence-electron chi connectivity index (χ2n) is 0.471. The molecule has 38 valence electrons. The molecule has 0 spiro atoms. The van der Waals surface area contributed by atoms with E-state index in [2.05, 4.69) is 0 Å². The van der Waals surface area contributed by atoms with Crippen LogP contribution in [0, 0.1) is 0 Å². The van der Waals surface area contributed by atoms with Crippen LogP contribution in [0.25, 0.3) is 0 Å². The van der Waals surface area contributed by atoms with Crippen LogP contribution in [0.5, 0.6) is 0 Å². The van der Waals surface area contributed by atoms with E-state index in [1.807, 2.05) is 4.39 Å². The summed E-state index contributed by atoms with van der Waals surface area (Å²) in [6, 6.07) is 0. The number of hydrogen-bond acceptors (Lipinski definition) is 4. The predicted molar refractivity (Wildman–Crippen MR) is 11.9 cm³/mol. The fourth-order valence-electron chi connectivity index (χ4n) is 0. The zero-order chi connectivity index (χ0) is 5.21. The van der Waals surface area contributed by atoms with E-state index in [9.17, 15) is 4.53 Å². The van der Waals surface area contributed by atoms with Crippen molar-refractivity contribution >= 4 is 10.4 Å². The Bertz CT molecular complexity index is 114. The van der Waals surface area contributed by atoms with Crippen molar-refractivity contribution < 1.29 is 40.7 Å². The molecule has 0 fully saturated rings. The first kappa shape index (κ1) is 10.4. The molecule has 7 heteroatoms. The molecular weight excluding hydrogens is 122 g/mol. The molecule has 0 radical (unpaired) electrons. The van der Waals surface area contributed by atoms with Crippen molar-refractivity contribution in [2.75, 3.05) is 0 Å². The SMILES string of the molecule is O=S(=O)([O-])OF.[Li+]. The van der Waals surface area contributed by atoms with Crippen LogP contribution in [0.1, 0.15) is 0 Å². The zero-order valence-corrected chi connectivity index (χ0v) is 4.24. The first-order chi connectivity index (χ1) is 2.56. The maximum absolute atomic E-state index is 10.1. The average molecular weight is 122 g/mol. The summed E-state index contributed by atoms with van der Waals surface area (Å²) >= 11 is 0. The van der Waals surface area contributed by atoms with Gasteiger partial charge in [-0.15, -0.1) is 0 Å². The molecule has 0 unspecified atom stereocenters. The molecule has 0 aliphatic rings. The first-order valence-corrected chi connectivity index (χ1v) is 2.15. The molecule has 7 heavy (non-hydrogen) atoms. The third-order valence-electron chi connectivity index (χ3n) is 0.0772. The van der Waals surface area contributed by atoms with E-state index in [4.69, 9.17) is 13.0 Å². The van der Waals surface area contributed by atoms with Gasteiger partial charge in [0.1, 0.15) is 0 Å². The molecule has 0 aliphatic heterocycles. The second-order valence-corrected chi connectivity index (χ2v) is 1.41. The van der Waals surface area contributed by atoms with Gasteiger partial charge in [-0.3, -0.25) is 0 Å². The van der Waals surface area contributed by atoms with Gasteiger partial charge >= 0.3 is 18.9 Å². The molecule has 0 aliphatic carbocycles. The number of rotatable bonds is 1. The van der Waals surface area contributed by atoms with Gasteiger partial charge in [0.15, 0.2) is 0 Å². The smallest absolute Gasteiger partial charge is 0.724 e. The molecule has 0 aromatic rings. The Morgan fingerprint density at radius 2 is 1.71 bits per heavy atom. The third-order valence-corrected chi connectivity index (χ3v) is 0.231. The fourth-order valence-corrected chi connectivity index (χ4v) is 0. The van der Waals surface area contributed by atoms with Gasteiger partial charge in [-0.1, -0.05) is 4.39 Å². The molecule has 4 nitrogen and oxygen atoms in total. The Hall–Kier alpha value is 0.397. The average Bonchev–Trinajstić information content (AvgIpc) is 1.35. The van der Waals surface area contributed by atoms with E-state index < -0.39 is 10.4 Å². The monoisotopic (exact) mass is 122 g/mol. The largest absolute Gasteiger partial charge is 1.00 e. The first-order valence-electron chi connectivity index (χ1n) is 0.821. The summed E-state index contributed by atoms with van der Waals surface area (Å²) in [6.07, 6.45) is 0. The molecule has 0 aromatic carbocycles. The van der Waals surface area contributed by atoms with Crippen LogP contribution >= 0.6 is 0 Å². The Balaban J connectivity index is 0. The van der Waals surface area contributed by atoms with Crippen molar-refractivity contribution in [1.82, 2.24) is 0 Å². The molecule has 0 bridgehead atoms. The standard InChI is InChI=1S/FHO4S.Li/c1-5-6(2,3)4;/h(H,2,3,4);/q;+1/p-1. The van der Waals surface area contributed by atoms with Gasteiger partial charge in [-0.05, 0) is 4.53 Å².